The molecule has 4 amide bonds. The van der Waals surface area contributed by atoms with Gasteiger partial charge in [-0.1, -0.05) is 19.9 Å². The highest BCUT2D eigenvalue weighted by molar-refractivity contribution is 6.02. The summed E-state index contributed by atoms with van der Waals surface area (Å²) in [5.41, 5.74) is 0.936. The Balaban J connectivity index is 1.27. The first-order valence-electron chi connectivity index (χ1n) is 14.8. The first-order chi connectivity index (χ1) is 21.1. The van der Waals surface area contributed by atoms with E-state index in [4.69, 9.17) is 23.7 Å². The fourth-order valence-corrected chi connectivity index (χ4v) is 5.51. The molecule has 3 aliphatic rings. The lowest BCUT2D eigenvalue weighted by molar-refractivity contribution is -0.149. The zero-order chi connectivity index (χ0) is 32.0. The molecular formula is C30H42N4O10. The highest BCUT2D eigenvalue weighted by Crippen LogP contribution is 2.40. The van der Waals surface area contributed by atoms with Gasteiger partial charge in [-0.05, 0) is 18.4 Å². The Hall–Kier alpha value is -3.91. The molecule has 14 heteroatoms. The summed E-state index contributed by atoms with van der Waals surface area (Å²) in [7, 11) is 4.71. The van der Waals surface area contributed by atoms with Crippen LogP contribution in [-0.4, -0.2) is 123 Å². The lowest BCUT2D eigenvalue weighted by Crippen LogP contribution is -2.55. The summed E-state index contributed by atoms with van der Waals surface area (Å²) in [6.45, 7) is 6.52. The molecule has 242 valence electrons. The number of carbonyl (C=O) groups excluding carboxylic acids is 5. The molecule has 3 fully saturated rings. The van der Waals surface area contributed by atoms with Gasteiger partial charge in [-0.3, -0.25) is 29.0 Å². The average molecular weight is 619 g/mol. The Morgan fingerprint density at radius 3 is 2.18 bits per heavy atom. The van der Waals surface area contributed by atoms with Crippen LogP contribution in [-0.2, 0) is 40.0 Å². The topological polar surface area (TPSA) is 157 Å². The average Bonchev–Trinajstić information content (AvgIpc) is 3.76. The maximum Gasteiger partial charge on any atom is 0.338 e. The molecule has 0 aliphatic carbocycles. The minimum Gasteiger partial charge on any atom is -0.493 e. The standard InChI is InChI=1S/C30H42N4O10/c1-18(2)16-20(31-28(37)26-27(44-26)30(39)43-15-14-34-22(35)8-9-23(34)36)29(38)33-12-10-32(11-13-33)17-19-6-7-21(40-3)25(42-5)24(19)41-4/h6-7,18,20,26-27H,8-17H2,1-5H3,(H,31,37)/t20-,26+,27+/m0/s1. The van der Waals surface area contributed by atoms with Crippen molar-refractivity contribution < 1.29 is 47.7 Å². The molecule has 14 nitrogen and oxygen atoms in total. The van der Waals surface area contributed by atoms with E-state index in [1.807, 2.05) is 26.0 Å². The molecule has 3 atom stereocenters. The number of methoxy groups -OCH3 is 3. The summed E-state index contributed by atoms with van der Waals surface area (Å²) < 4.78 is 26.9. The molecule has 44 heavy (non-hydrogen) atoms. The molecule has 0 unspecified atom stereocenters. The second-order valence-electron chi connectivity index (χ2n) is 11.4. The van der Waals surface area contributed by atoms with Gasteiger partial charge < -0.3 is 33.9 Å². The Kier molecular flexibility index (Phi) is 11.0. The minimum absolute atomic E-state index is 0.0347. The Morgan fingerprint density at radius 2 is 1.59 bits per heavy atom. The molecular weight excluding hydrogens is 576 g/mol. The molecule has 0 saturated carbocycles. The number of rotatable bonds is 14. The van der Waals surface area contributed by atoms with Crippen LogP contribution >= 0.6 is 0 Å². The van der Waals surface area contributed by atoms with Crippen molar-refractivity contribution in [2.24, 2.45) is 5.92 Å². The first kappa shape index (κ1) is 33.0. The van der Waals surface area contributed by atoms with Gasteiger partial charge in [0.2, 0.25) is 23.5 Å². The lowest BCUT2D eigenvalue weighted by Gasteiger charge is -2.37. The minimum atomic E-state index is -1.09. The normalized spacial score (nSPS) is 20.9. The number of epoxide rings is 1. The van der Waals surface area contributed by atoms with Gasteiger partial charge in [-0.2, -0.15) is 0 Å². The Labute approximate surface area is 256 Å². The molecule has 3 heterocycles. The smallest absolute Gasteiger partial charge is 0.338 e. The number of nitrogens with zero attached hydrogens (tertiary/aromatic N) is 3. The van der Waals surface area contributed by atoms with E-state index in [1.54, 1.807) is 26.2 Å². The molecule has 3 aliphatic heterocycles. The number of carbonyl (C=O) groups is 5. The van der Waals surface area contributed by atoms with Gasteiger partial charge in [0.1, 0.15) is 12.6 Å². The van der Waals surface area contributed by atoms with E-state index in [0.717, 1.165) is 10.5 Å². The summed E-state index contributed by atoms with van der Waals surface area (Å²) in [5.74, 6) is -0.263. The predicted octanol–water partition coefficient (Wildman–Crippen LogP) is 0.347. The molecule has 1 aromatic carbocycles. The number of ether oxygens (including phenoxy) is 5. The van der Waals surface area contributed by atoms with Crippen LogP contribution in [0.2, 0.25) is 0 Å². The molecule has 1 aromatic rings. The molecule has 3 saturated heterocycles. The summed E-state index contributed by atoms with van der Waals surface area (Å²) >= 11 is 0. The number of hydrogen-bond donors (Lipinski definition) is 1. The van der Waals surface area contributed by atoms with E-state index < -0.39 is 30.1 Å². The van der Waals surface area contributed by atoms with Gasteiger partial charge >= 0.3 is 5.97 Å². The van der Waals surface area contributed by atoms with Crippen molar-refractivity contribution in [1.29, 1.82) is 0 Å². The molecule has 0 radical (unpaired) electrons. The number of nitrogens with one attached hydrogen (secondary N) is 1. The van der Waals surface area contributed by atoms with Crippen molar-refractivity contribution in [1.82, 2.24) is 20.0 Å². The Morgan fingerprint density at radius 1 is 0.932 bits per heavy atom. The fourth-order valence-electron chi connectivity index (χ4n) is 5.51. The van der Waals surface area contributed by atoms with Crippen LogP contribution in [0.5, 0.6) is 17.2 Å². The van der Waals surface area contributed by atoms with Crippen LogP contribution < -0.4 is 19.5 Å². The van der Waals surface area contributed by atoms with E-state index in [0.29, 0.717) is 56.4 Å². The van der Waals surface area contributed by atoms with Gasteiger partial charge in [-0.15, -0.1) is 0 Å². The maximum atomic E-state index is 13.5. The van der Waals surface area contributed by atoms with Gasteiger partial charge in [-0.25, -0.2) is 4.79 Å². The number of imide groups is 1. The number of likely N-dealkylation sites (tertiary alicyclic amines) is 1. The van der Waals surface area contributed by atoms with Crippen LogP contribution in [0.1, 0.15) is 38.7 Å². The SMILES string of the molecule is COc1ccc(CN2CCN(C(=O)[C@H](CC(C)C)NC(=O)[C@@H]3O[C@H]3C(=O)OCCN3C(=O)CCC3=O)CC2)c(OC)c1OC. The molecule has 4 rings (SSSR count). The molecule has 0 aromatic heterocycles. The van der Waals surface area contributed by atoms with E-state index >= 15 is 0 Å². The number of hydrogen-bond acceptors (Lipinski definition) is 11. The van der Waals surface area contributed by atoms with Crippen LogP contribution in [0.25, 0.3) is 0 Å². The van der Waals surface area contributed by atoms with Crippen molar-refractivity contribution in [3.05, 3.63) is 17.7 Å². The number of piperazine rings is 1. The third kappa shape index (κ3) is 7.78. The number of amides is 4. The summed E-state index contributed by atoms with van der Waals surface area (Å²) in [5, 5.41) is 2.78. The second kappa shape index (κ2) is 14.7. The summed E-state index contributed by atoms with van der Waals surface area (Å²) in [6, 6.07) is 3.00. The number of esters is 1. The van der Waals surface area contributed by atoms with Gasteiger partial charge in [0.15, 0.2) is 23.7 Å². The third-order valence-corrected chi connectivity index (χ3v) is 7.88. The highest BCUT2D eigenvalue weighted by Gasteiger charge is 2.52. The van der Waals surface area contributed by atoms with E-state index in [2.05, 4.69) is 10.2 Å². The monoisotopic (exact) mass is 618 g/mol. The van der Waals surface area contributed by atoms with Crippen molar-refractivity contribution in [2.45, 2.75) is 57.9 Å². The van der Waals surface area contributed by atoms with Crippen molar-refractivity contribution >= 4 is 29.6 Å². The van der Waals surface area contributed by atoms with E-state index in [-0.39, 0.29) is 49.6 Å². The second-order valence-corrected chi connectivity index (χ2v) is 11.4. The van der Waals surface area contributed by atoms with Crippen molar-refractivity contribution in [3.63, 3.8) is 0 Å². The van der Waals surface area contributed by atoms with Gasteiger partial charge in [0.05, 0.1) is 27.9 Å². The molecule has 1 N–H and O–H groups in total. The maximum absolute atomic E-state index is 13.5. The van der Waals surface area contributed by atoms with Crippen molar-refractivity contribution in [2.75, 3.05) is 60.7 Å². The predicted molar refractivity (Wildman–Crippen MR) is 155 cm³/mol. The first-order valence-corrected chi connectivity index (χ1v) is 14.8. The largest absolute Gasteiger partial charge is 0.493 e. The Bertz CT molecular complexity index is 1230. The highest BCUT2D eigenvalue weighted by atomic mass is 16.6. The van der Waals surface area contributed by atoms with Crippen LogP contribution in [0.3, 0.4) is 0 Å². The van der Waals surface area contributed by atoms with Gasteiger partial charge in [0.25, 0.3) is 5.91 Å². The molecule has 0 spiro atoms. The third-order valence-electron chi connectivity index (χ3n) is 7.88. The fraction of sp³-hybridized carbons (Fsp3) is 0.633. The van der Waals surface area contributed by atoms with Crippen LogP contribution in [0.15, 0.2) is 12.1 Å². The van der Waals surface area contributed by atoms with E-state index in [9.17, 15) is 24.0 Å². The van der Waals surface area contributed by atoms with E-state index in [1.165, 1.54) is 0 Å². The quantitative estimate of drug-likeness (QED) is 0.174. The van der Waals surface area contributed by atoms with Crippen molar-refractivity contribution in [3.8, 4) is 17.2 Å². The molecule has 0 bridgehead atoms. The zero-order valence-corrected chi connectivity index (χ0v) is 26.0. The van der Waals surface area contributed by atoms with Crippen LogP contribution in [0.4, 0.5) is 0 Å². The number of benzene rings is 1. The zero-order valence-electron chi connectivity index (χ0n) is 26.0. The lowest BCUT2D eigenvalue weighted by atomic mass is 10.0. The van der Waals surface area contributed by atoms with Gasteiger partial charge in [0, 0.05) is 51.1 Å². The van der Waals surface area contributed by atoms with Crippen LogP contribution in [0, 0.1) is 5.92 Å². The summed E-state index contributed by atoms with van der Waals surface area (Å²) in [6.07, 6.45) is -1.42. The summed E-state index contributed by atoms with van der Waals surface area (Å²) in [4.78, 5) is 67.2.